The second-order valence-corrected chi connectivity index (χ2v) is 2.92. The summed E-state index contributed by atoms with van der Waals surface area (Å²) >= 11 is 0. The van der Waals surface area contributed by atoms with Gasteiger partial charge in [0.2, 0.25) is 11.9 Å². The van der Waals surface area contributed by atoms with Crippen molar-refractivity contribution in [1.82, 2.24) is 30.4 Å². The molecule has 0 atom stereocenters. The Balaban J connectivity index is 2.33. The minimum atomic E-state index is 0.183. The number of rotatable bonds is 2. The molecular formula is C6H10N8. The van der Waals surface area contributed by atoms with Crippen LogP contribution in [0.5, 0.6) is 0 Å². The van der Waals surface area contributed by atoms with Gasteiger partial charge in [0.05, 0.1) is 0 Å². The summed E-state index contributed by atoms with van der Waals surface area (Å²) < 4.78 is 0. The molecule has 0 radical (unpaired) electrons. The molecule has 2 rings (SSSR count). The number of anilines is 2. The van der Waals surface area contributed by atoms with Crippen LogP contribution in [0.3, 0.4) is 0 Å². The van der Waals surface area contributed by atoms with Gasteiger partial charge >= 0.3 is 0 Å². The zero-order valence-electron chi connectivity index (χ0n) is 7.81. The monoisotopic (exact) mass is 194 g/mol. The van der Waals surface area contributed by atoms with E-state index in [1.54, 1.807) is 4.90 Å². The van der Waals surface area contributed by atoms with Gasteiger partial charge in [0.25, 0.3) is 0 Å². The van der Waals surface area contributed by atoms with Crippen molar-refractivity contribution >= 4 is 11.9 Å². The lowest BCUT2D eigenvalue weighted by Gasteiger charge is -2.03. The maximum absolute atomic E-state index is 5.36. The zero-order chi connectivity index (χ0) is 10.1. The third-order valence-corrected chi connectivity index (χ3v) is 1.60. The molecule has 0 aromatic carbocycles. The van der Waals surface area contributed by atoms with Crippen molar-refractivity contribution in [2.75, 3.05) is 24.7 Å². The maximum atomic E-state index is 5.36. The third kappa shape index (κ3) is 1.37. The topological polar surface area (TPSA) is 112 Å². The first-order valence-electron chi connectivity index (χ1n) is 3.95. The third-order valence-electron chi connectivity index (χ3n) is 1.60. The van der Waals surface area contributed by atoms with E-state index in [0.717, 1.165) is 0 Å². The van der Waals surface area contributed by atoms with Crippen molar-refractivity contribution < 1.29 is 0 Å². The smallest absolute Gasteiger partial charge is 0.244 e. The van der Waals surface area contributed by atoms with Crippen LogP contribution >= 0.6 is 0 Å². The summed E-state index contributed by atoms with van der Waals surface area (Å²) in [6.07, 6.45) is 0. The van der Waals surface area contributed by atoms with Gasteiger partial charge in [-0.05, 0) is 0 Å². The highest BCUT2D eigenvalue weighted by molar-refractivity contribution is 5.47. The minimum absolute atomic E-state index is 0.183. The van der Waals surface area contributed by atoms with Crippen LogP contribution in [-0.4, -0.2) is 44.5 Å². The van der Waals surface area contributed by atoms with Crippen LogP contribution in [0.2, 0.25) is 0 Å². The predicted molar refractivity (Wildman–Crippen MR) is 50.5 cm³/mol. The molecule has 2 aromatic rings. The highest BCUT2D eigenvalue weighted by atomic mass is 15.4. The molecule has 4 N–H and O–H groups in total. The van der Waals surface area contributed by atoms with Crippen molar-refractivity contribution in [3.05, 3.63) is 0 Å². The summed E-state index contributed by atoms with van der Waals surface area (Å²) in [5, 5.41) is 13.0. The molecule has 2 heterocycles. The molecule has 8 nitrogen and oxygen atoms in total. The summed E-state index contributed by atoms with van der Waals surface area (Å²) in [6, 6.07) is 0. The normalized spacial score (nSPS) is 10.4. The van der Waals surface area contributed by atoms with Crippen LogP contribution in [0.4, 0.5) is 11.9 Å². The molecule has 0 bridgehead atoms. The van der Waals surface area contributed by atoms with Crippen LogP contribution < -0.4 is 10.6 Å². The molecule has 0 fully saturated rings. The first-order valence-corrected chi connectivity index (χ1v) is 3.95. The van der Waals surface area contributed by atoms with E-state index in [1.165, 1.54) is 0 Å². The van der Waals surface area contributed by atoms with E-state index in [1.807, 2.05) is 14.1 Å². The molecule has 0 amide bonds. The van der Waals surface area contributed by atoms with E-state index in [2.05, 4.69) is 30.4 Å². The first kappa shape index (κ1) is 8.48. The molecule has 0 unspecified atom stereocenters. The van der Waals surface area contributed by atoms with Crippen molar-refractivity contribution in [2.45, 2.75) is 0 Å². The highest BCUT2D eigenvalue weighted by Gasteiger charge is 2.09. The standard InChI is InChI=1S/C6H10N8/c1-14(2)6-9-4(11-13-6)3-8-5(7)12-10-3/h1-2H3,(H,9,11,13)(H3,7,8,10,12). The van der Waals surface area contributed by atoms with Crippen LogP contribution in [0.1, 0.15) is 0 Å². The Morgan fingerprint density at radius 3 is 2.21 bits per heavy atom. The molecule has 74 valence electrons. The van der Waals surface area contributed by atoms with Crippen molar-refractivity contribution in [3.63, 3.8) is 0 Å². The second kappa shape index (κ2) is 2.98. The first-order chi connectivity index (χ1) is 6.66. The molecule has 0 spiro atoms. The Morgan fingerprint density at radius 2 is 1.71 bits per heavy atom. The summed E-state index contributed by atoms with van der Waals surface area (Å²) in [6.45, 7) is 0. The molecule has 8 heteroatoms. The zero-order valence-corrected chi connectivity index (χ0v) is 7.81. The van der Waals surface area contributed by atoms with E-state index in [0.29, 0.717) is 17.6 Å². The van der Waals surface area contributed by atoms with Gasteiger partial charge in [-0.25, -0.2) is 0 Å². The van der Waals surface area contributed by atoms with Gasteiger partial charge in [-0.3, -0.25) is 10.2 Å². The van der Waals surface area contributed by atoms with E-state index < -0.39 is 0 Å². The fourth-order valence-corrected chi connectivity index (χ4v) is 0.940. The molecule has 0 aliphatic carbocycles. The number of nitrogens with one attached hydrogen (secondary N) is 2. The Hall–Kier alpha value is -2.12. The molecule has 2 aromatic heterocycles. The summed E-state index contributed by atoms with van der Waals surface area (Å²) in [5.74, 6) is 1.75. The maximum Gasteiger partial charge on any atom is 0.244 e. The van der Waals surface area contributed by atoms with Gasteiger partial charge < -0.3 is 10.6 Å². The van der Waals surface area contributed by atoms with Gasteiger partial charge in [-0.1, -0.05) is 0 Å². The minimum Gasteiger partial charge on any atom is -0.366 e. The van der Waals surface area contributed by atoms with Crippen LogP contribution in [0, 0.1) is 0 Å². The largest absolute Gasteiger partial charge is 0.366 e. The average molecular weight is 194 g/mol. The Morgan fingerprint density at radius 1 is 1.07 bits per heavy atom. The molecule has 14 heavy (non-hydrogen) atoms. The quantitative estimate of drug-likeness (QED) is 0.579. The lowest BCUT2D eigenvalue weighted by Crippen LogP contribution is -2.10. The van der Waals surface area contributed by atoms with E-state index >= 15 is 0 Å². The number of H-pyrrole nitrogens is 2. The van der Waals surface area contributed by atoms with E-state index in [9.17, 15) is 0 Å². The number of hydrogen-bond acceptors (Lipinski definition) is 6. The Labute approximate surface area is 79.6 Å². The highest BCUT2D eigenvalue weighted by Crippen LogP contribution is 2.11. The predicted octanol–water partition coefficient (Wildman–Crippen LogP) is -0.762. The van der Waals surface area contributed by atoms with Gasteiger partial charge in [0.15, 0.2) is 11.6 Å². The Kier molecular flexibility index (Phi) is 1.80. The number of nitrogen functional groups attached to an aromatic ring is 1. The van der Waals surface area contributed by atoms with E-state index in [-0.39, 0.29) is 5.95 Å². The molecular weight excluding hydrogens is 184 g/mol. The van der Waals surface area contributed by atoms with Crippen LogP contribution in [-0.2, 0) is 0 Å². The number of aromatic nitrogens is 6. The van der Waals surface area contributed by atoms with Crippen molar-refractivity contribution in [1.29, 1.82) is 0 Å². The summed E-state index contributed by atoms with van der Waals surface area (Å²) in [7, 11) is 3.70. The number of nitrogens with zero attached hydrogens (tertiary/aromatic N) is 5. The summed E-state index contributed by atoms with van der Waals surface area (Å²) in [5.41, 5.74) is 5.36. The number of aromatic amines is 2. The Bertz CT molecular complexity index is 426. The van der Waals surface area contributed by atoms with E-state index in [4.69, 9.17) is 5.73 Å². The molecule has 0 aliphatic heterocycles. The second-order valence-electron chi connectivity index (χ2n) is 2.92. The van der Waals surface area contributed by atoms with Crippen LogP contribution in [0.25, 0.3) is 11.6 Å². The lowest BCUT2D eigenvalue weighted by atomic mass is 10.6. The average Bonchev–Trinajstić information content (AvgIpc) is 2.70. The van der Waals surface area contributed by atoms with Crippen LogP contribution in [0.15, 0.2) is 0 Å². The number of hydrogen-bond donors (Lipinski definition) is 3. The number of nitrogens with two attached hydrogens (primary N) is 1. The fraction of sp³-hybridized carbons (Fsp3) is 0.333. The van der Waals surface area contributed by atoms with Crippen molar-refractivity contribution in [2.24, 2.45) is 0 Å². The molecule has 0 aliphatic rings. The van der Waals surface area contributed by atoms with Gasteiger partial charge in [-0.2, -0.15) is 9.97 Å². The van der Waals surface area contributed by atoms with Gasteiger partial charge in [-0.15, -0.1) is 10.2 Å². The fourth-order valence-electron chi connectivity index (χ4n) is 0.940. The van der Waals surface area contributed by atoms with Crippen molar-refractivity contribution in [3.8, 4) is 11.6 Å². The summed E-state index contributed by atoms with van der Waals surface area (Å²) in [4.78, 5) is 9.85. The SMILES string of the molecule is CN(C)c1n[nH]c(-c2nc(N)n[nH]2)n1. The molecule has 0 saturated carbocycles. The molecule has 0 saturated heterocycles. The lowest BCUT2D eigenvalue weighted by molar-refractivity contribution is 0.997. The van der Waals surface area contributed by atoms with Gasteiger partial charge in [0, 0.05) is 14.1 Å². The van der Waals surface area contributed by atoms with Gasteiger partial charge in [0.1, 0.15) is 0 Å².